The molecule has 0 unspecified atom stereocenters. The summed E-state index contributed by atoms with van der Waals surface area (Å²) < 4.78 is 100. The number of nitrogens with one attached hydrogen (secondary N) is 3. The molecule has 12 rings (SSSR count). The highest BCUT2D eigenvalue weighted by atomic mass is 32.1. The number of fused-ring (bicyclic) bond motifs is 3. The third kappa shape index (κ3) is 10.9. The molecule has 0 bridgehead atoms. The fraction of sp³-hybridized carbons (Fsp3) is 0.0926. The number of ether oxygens (including phenoxy) is 1. The number of pyridine rings is 2. The molecule has 3 N–H and O–H groups in total. The van der Waals surface area contributed by atoms with Crippen LogP contribution >= 0.6 is 34.0 Å². The summed E-state index contributed by atoms with van der Waals surface area (Å²) in [4.78, 5) is 71.3. The van der Waals surface area contributed by atoms with Crippen LogP contribution in [0.4, 0.5) is 30.7 Å². The number of aromatic amines is 3. The molecule has 0 aliphatic heterocycles. The van der Waals surface area contributed by atoms with Gasteiger partial charge in [0.05, 0.1) is 34.3 Å². The first-order valence-corrected chi connectivity index (χ1v) is 25.6. The lowest BCUT2D eigenvalue weighted by atomic mass is 10.0. The summed E-state index contributed by atoms with van der Waals surface area (Å²) in [5.41, 5.74) is 3.44. The van der Waals surface area contributed by atoms with Crippen LogP contribution in [0.15, 0.2) is 158 Å². The first-order valence-electron chi connectivity index (χ1n) is 22.9. The number of nitrogens with zero attached hydrogens (tertiary/aromatic N) is 7. The van der Waals surface area contributed by atoms with Crippen LogP contribution in [0.25, 0.3) is 98.7 Å². The Hall–Kier alpha value is -8.84. The summed E-state index contributed by atoms with van der Waals surface area (Å²) in [5, 5.41) is 5.11. The molecule has 14 nitrogen and oxygen atoms in total. The number of H-pyrrole nitrogens is 3. The molecule has 0 radical (unpaired) electrons. The van der Waals surface area contributed by atoms with Gasteiger partial charge in [-0.3, -0.25) is 24.4 Å². The number of aryl methyl sites for hydroxylation is 1. The quantitative estimate of drug-likeness (QED) is 0.123. The molecule has 78 heavy (non-hydrogen) atoms. The summed E-state index contributed by atoms with van der Waals surface area (Å²) in [6.07, 6.45) is -2.39. The standard InChI is InChI=1S/C19H14FN3O2S.C18H10F3N3OS.C17H11F3N4OS/c1-25-9-12-6-5-11(8-14(12)20)13-10-26-17-16(13)22-18(23-19(17)24)15-4-2-3-7-21-15;19-18(20,21)11-5-3-4-10(8-11)12-9-26-15-14(12)23-16(24-17(15)25)13-6-1-2-7-22-13;1-24-6-5-21-15(24)14-22-12-11(8-26-13(12)16(25)23-14)9-3-2-4-10(7-9)17(18,19)20/h2-8,10H,9H2,1H3,(H,22,23,24);1-9H,(H,23,24,25);2-8H,1H3,(H,22,23,25). The number of halogens is 7. The minimum absolute atomic E-state index is 0.207. The van der Waals surface area contributed by atoms with Crippen LogP contribution < -0.4 is 16.7 Å². The van der Waals surface area contributed by atoms with Gasteiger partial charge >= 0.3 is 12.4 Å². The molecule has 0 saturated heterocycles. The fourth-order valence-electron chi connectivity index (χ4n) is 8.06. The van der Waals surface area contributed by atoms with Gasteiger partial charge in [0.25, 0.3) is 16.7 Å². The summed E-state index contributed by atoms with van der Waals surface area (Å²) >= 11 is 3.57. The number of hydrogen-bond donors (Lipinski definition) is 3. The van der Waals surface area contributed by atoms with E-state index in [1.807, 2.05) is 17.5 Å². The third-order valence-corrected chi connectivity index (χ3v) is 14.7. The van der Waals surface area contributed by atoms with Crippen LogP contribution in [0.1, 0.15) is 16.7 Å². The van der Waals surface area contributed by atoms with Crippen molar-refractivity contribution >= 4 is 64.7 Å². The average Bonchev–Trinajstić information content (AvgIpc) is 4.44. The number of alkyl halides is 6. The zero-order chi connectivity index (χ0) is 54.9. The van der Waals surface area contributed by atoms with Crippen LogP contribution in [0.5, 0.6) is 0 Å². The van der Waals surface area contributed by atoms with Gasteiger partial charge in [0.15, 0.2) is 23.3 Å². The van der Waals surface area contributed by atoms with E-state index in [1.54, 1.807) is 95.7 Å². The van der Waals surface area contributed by atoms with Crippen molar-refractivity contribution in [1.29, 1.82) is 0 Å². The van der Waals surface area contributed by atoms with Crippen LogP contribution in [0, 0.1) is 5.82 Å². The summed E-state index contributed by atoms with van der Waals surface area (Å²) in [6, 6.07) is 25.5. The molecule has 0 aliphatic rings. The Kier molecular flexibility index (Phi) is 14.6. The molecule has 0 spiro atoms. The molecule has 0 amide bonds. The van der Waals surface area contributed by atoms with E-state index < -0.39 is 23.5 Å². The van der Waals surface area contributed by atoms with Crippen molar-refractivity contribution in [3.8, 4) is 68.1 Å². The molecule has 0 aliphatic carbocycles. The summed E-state index contributed by atoms with van der Waals surface area (Å²) in [7, 11) is 3.28. The van der Waals surface area contributed by atoms with Gasteiger partial charge < -0.3 is 24.3 Å². The van der Waals surface area contributed by atoms with Crippen LogP contribution in [-0.4, -0.2) is 56.5 Å². The maximum Gasteiger partial charge on any atom is 0.416 e. The van der Waals surface area contributed by atoms with E-state index in [1.165, 1.54) is 36.6 Å². The van der Waals surface area contributed by atoms with Crippen molar-refractivity contribution in [2.24, 2.45) is 7.05 Å². The van der Waals surface area contributed by atoms with Crippen molar-refractivity contribution in [3.05, 3.63) is 198 Å². The molecule has 24 heteroatoms. The van der Waals surface area contributed by atoms with Crippen molar-refractivity contribution in [2.75, 3.05) is 7.11 Å². The second-order valence-electron chi connectivity index (χ2n) is 16.9. The Bertz CT molecular complexity index is 4340. The predicted octanol–water partition coefficient (Wildman–Crippen LogP) is 12.8. The van der Waals surface area contributed by atoms with Gasteiger partial charge in [-0.15, -0.1) is 34.0 Å². The van der Waals surface area contributed by atoms with Crippen molar-refractivity contribution in [2.45, 2.75) is 19.0 Å². The molecule has 0 atom stereocenters. The van der Waals surface area contributed by atoms with E-state index in [0.717, 1.165) is 52.5 Å². The summed E-state index contributed by atoms with van der Waals surface area (Å²) in [5.74, 6) is 1.04. The highest BCUT2D eigenvalue weighted by Crippen LogP contribution is 2.38. The van der Waals surface area contributed by atoms with Gasteiger partial charge in [-0.05, 0) is 71.3 Å². The minimum Gasteiger partial charge on any atom is -0.380 e. The van der Waals surface area contributed by atoms with E-state index in [4.69, 9.17) is 4.74 Å². The van der Waals surface area contributed by atoms with E-state index >= 15 is 0 Å². The van der Waals surface area contributed by atoms with E-state index in [-0.39, 0.29) is 40.8 Å². The second kappa shape index (κ2) is 21.7. The van der Waals surface area contributed by atoms with Crippen LogP contribution in [-0.2, 0) is 30.7 Å². The highest BCUT2D eigenvalue weighted by Gasteiger charge is 2.32. The maximum absolute atomic E-state index is 14.3. The predicted molar refractivity (Wildman–Crippen MR) is 286 cm³/mol. The monoisotopic (exact) mass is 1120 g/mol. The SMILES string of the molecule is COCc1ccc(-c2csc3c(=O)[nH]c(-c4ccccn4)nc23)cc1F.Cn1ccnc1-c1nc2c(-c3cccc(C(F)(F)F)c3)csc2c(=O)[nH]1.O=c1[nH]c(-c2ccccn2)nc2c(-c3cccc(C(F)(F)F)c3)csc12. The van der Waals surface area contributed by atoms with Crippen LogP contribution in [0.2, 0.25) is 0 Å². The topological polar surface area (TPSA) is 190 Å². The molecule has 0 fully saturated rings. The van der Waals surface area contributed by atoms with Gasteiger partial charge in [-0.1, -0.05) is 48.5 Å². The number of benzene rings is 3. The van der Waals surface area contributed by atoms with E-state index in [0.29, 0.717) is 87.1 Å². The Morgan fingerprint density at radius 3 is 1.38 bits per heavy atom. The molecule has 392 valence electrons. The van der Waals surface area contributed by atoms with Gasteiger partial charge in [-0.2, -0.15) is 26.3 Å². The number of methoxy groups -OCH3 is 1. The molecule has 9 aromatic heterocycles. The van der Waals surface area contributed by atoms with Crippen molar-refractivity contribution in [3.63, 3.8) is 0 Å². The number of aromatic nitrogens is 10. The Balaban J connectivity index is 0.000000132. The van der Waals surface area contributed by atoms with Gasteiger partial charge in [0.2, 0.25) is 0 Å². The Morgan fingerprint density at radius 1 is 0.538 bits per heavy atom. The minimum atomic E-state index is -4.44. The Labute approximate surface area is 446 Å². The maximum atomic E-state index is 14.3. The van der Waals surface area contributed by atoms with E-state index in [2.05, 4.69) is 44.9 Å². The number of rotatable bonds is 8. The average molecular weight is 1120 g/mol. The van der Waals surface area contributed by atoms with E-state index in [9.17, 15) is 45.1 Å². The number of hydrogen-bond acceptors (Lipinski definition) is 13. The smallest absolute Gasteiger partial charge is 0.380 e. The molecule has 3 aromatic carbocycles. The van der Waals surface area contributed by atoms with Crippen molar-refractivity contribution in [1.82, 2.24) is 49.4 Å². The second-order valence-corrected chi connectivity index (χ2v) is 19.6. The first kappa shape index (κ1) is 52.6. The first-order chi connectivity index (χ1) is 37.4. The van der Waals surface area contributed by atoms with Crippen molar-refractivity contribution < 1.29 is 35.5 Å². The van der Waals surface area contributed by atoms with Crippen LogP contribution in [0.3, 0.4) is 0 Å². The molecular formula is C54H35F7N10O4S3. The molecular weight excluding hydrogens is 1080 g/mol. The number of thiophene rings is 3. The van der Waals surface area contributed by atoms with Gasteiger partial charge in [0.1, 0.15) is 31.3 Å². The molecule has 9 heterocycles. The number of imidazole rings is 1. The Morgan fingerprint density at radius 2 is 0.987 bits per heavy atom. The lowest BCUT2D eigenvalue weighted by Crippen LogP contribution is -2.10. The third-order valence-electron chi connectivity index (χ3n) is 11.8. The van der Waals surface area contributed by atoms with Gasteiger partial charge in [-0.25, -0.2) is 24.3 Å². The largest absolute Gasteiger partial charge is 0.416 e. The lowest BCUT2D eigenvalue weighted by Gasteiger charge is -2.08. The zero-order valence-electron chi connectivity index (χ0n) is 40.2. The molecule has 0 saturated carbocycles. The molecule has 12 aromatic rings. The highest BCUT2D eigenvalue weighted by molar-refractivity contribution is 7.18. The lowest BCUT2D eigenvalue weighted by molar-refractivity contribution is -0.138. The zero-order valence-corrected chi connectivity index (χ0v) is 42.6. The normalized spacial score (nSPS) is 11.7. The fourth-order valence-corrected chi connectivity index (χ4v) is 10.8. The van der Waals surface area contributed by atoms with Gasteiger partial charge in [0, 0.05) is 77.3 Å². The summed E-state index contributed by atoms with van der Waals surface area (Å²) in [6.45, 7) is 0.207.